The zero-order chi connectivity index (χ0) is 26.3. The first-order valence-corrected chi connectivity index (χ1v) is 12.7. The molecule has 4 heterocycles. The molecule has 2 fully saturated rings. The fraction of sp³-hybridized carbons (Fsp3) is 0.357. The highest BCUT2D eigenvalue weighted by molar-refractivity contribution is 5.91. The molecule has 2 saturated heterocycles. The number of hydrogen-bond acceptors (Lipinski definition) is 5. The summed E-state index contributed by atoms with van der Waals surface area (Å²) in [6.07, 6.45) is -1.77. The van der Waals surface area contributed by atoms with Crippen LogP contribution < -0.4 is 4.74 Å². The summed E-state index contributed by atoms with van der Waals surface area (Å²) in [4.78, 5) is 19.5. The maximum Gasteiger partial charge on any atom is 0.416 e. The SMILES string of the molecule is O=C(c1ccc(Oc2ccccc2)o1)N1CCC(n2c([C@H]3CCCO3)nc3cc(C(F)(F)F)ccc32)CC1. The predicted octanol–water partition coefficient (Wildman–Crippen LogP) is 6.77. The third kappa shape index (κ3) is 4.76. The summed E-state index contributed by atoms with van der Waals surface area (Å²) >= 11 is 0. The molecular formula is C28H26F3N3O4. The van der Waals surface area contributed by atoms with E-state index in [1.165, 1.54) is 6.07 Å². The number of carbonyl (C=O) groups excluding carboxylic acids is 1. The van der Waals surface area contributed by atoms with E-state index in [1.807, 2.05) is 22.8 Å². The normalized spacial score (nSPS) is 18.8. The van der Waals surface area contributed by atoms with Gasteiger partial charge in [-0.3, -0.25) is 4.79 Å². The van der Waals surface area contributed by atoms with Crippen molar-refractivity contribution in [3.8, 4) is 11.7 Å². The zero-order valence-corrected chi connectivity index (χ0v) is 20.5. The molecule has 1 amide bonds. The van der Waals surface area contributed by atoms with Crippen LogP contribution in [0.15, 0.2) is 65.1 Å². The van der Waals surface area contributed by atoms with Crippen molar-refractivity contribution in [3.63, 3.8) is 0 Å². The van der Waals surface area contributed by atoms with Crippen LogP contribution >= 0.6 is 0 Å². The maximum atomic E-state index is 13.3. The van der Waals surface area contributed by atoms with Crippen LogP contribution in [-0.4, -0.2) is 40.1 Å². The largest absolute Gasteiger partial charge is 0.426 e. The Bertz CT molecular complexity index is 1430. The summed E-state index contributed by atoms with van der Waals surface area (Å²) in [5.41, 5.74) is 0.246. The number of aromatic nitrogens is 2. The Morgan fingerprint density at radius 2 is 1.79 bits per heavy atom. The number of piperidine rings is 1. The number of rotatable bonds is 5. The topological polar surface area (TPSA) is 69.7 Å². The van der Waals surface area contributed by atoms with E-state index >= 15 is 0 Å². The minimum absolute atomic E-state index is 0.0198. The number of likely N-dealkylation sites (tertiary alicyclic amines) is 1. The number of imidazole rings is 1. The lowest BCUT2D eigenvalue weighted by Gasteiger charge is -2.33. The fourth-order valence-corrected chi connectivity index (χ4v) is 5.26. The molecule has 7 nitrogen and oxygen atoms in total. The standard InChI is InChI=1S/C28H26F3N3O4/c29-28(30,31)18-8-9-22-21(17-18)32-26(23-7-4-16-36-23)34(22)19-12-14-33(15-13-19)27(35)24-10-11-25(38-24)37-20-5-2-1-3-6-20/h1-3,5-6,8-11,17,19,23H,4,7,12-16H2/t23-/m1/s1. The molecule has 198 valence electrons. The van der Waals surface area contributed by atoms with Crippen LogP contribution in [0.5, 0.6) is 11.7 Å². The van der Waals surface area contributed by atoms with Crippen LogP contribution in [0.3, 0.4) is 0 Å². The number of benzene rings is 2. The van der Waals surface area contributed by atoms with Gasteiger partial charge >= 0.3 is 6.18 Å². The number of para-hydroxylation sites is 1. The number of alkyl halides is 3. The Hall–Kier alpha value is -3.79. The molecule has 4 aromatic rings. The second-order valence-electron chi connectivity index (χ2n) is 9.60. The minimum atomic E-state index is -4.44. The van der Waals surface area contributed by atoms with E-state index in [2.05, 4.69) is 4.98 Å². The smallest absolute Gasteiger partial charge is 0.416 e. The van der Waals surface area contributed by atoms with E-state index in [0.29, 0.717) is 55.1 Å². The van der Waals surface area contributed by atoms with Gasteiger partial charge in [-0.25, -0.2) is 4.98 Å². The number of ether oxygens (including phenoxy) is 2. The Labute approximate surface area is 216 Å². The predicted molar refractivity (Wildman–Crippen MR) is 132 cm³/mol. The molecular weight excluding hydrogens is 499 g/mol. The molecule has 2 aliphatic heterocycles. The summed E-state index contributed by atoms with van der Waals surface area (Å²) < 4.78 is 59.2. The number of carbonyl (C=O) groups is 1. The van der Waals surface area contributed by atoms with Gasteiger partial charge in [0.15, 0.2) is 5.76 Å². The van der Waals surface area contributed by atoms with Crippen molar-refractivity contribution in [1.29, 1.82) is 0 Å². The summed E-state index contributed by atoms with van der Waals surface area (Å²) in [7, 11) is 0. The van der Waals surface area contributed by atoms with Crippen molar-refractivity contribution >= 4 is 16.9 Å². The lowest BCUT2D eigenvalue weighted by atomic mass is 10.0. The Morgan fingerprint density at radius 1 is 1.00 bits per heavy atom. The molecule has 0 N–H and O–H groups in total. The van der Waals surface area contributed by atoms with Gasteiger partial charge in [0.25, 0.3) is 11.9 Å². The van der Waals surface area contributed by atoms with Crippen LogP contribution in [0.4, 0.5) is 13.2 Å². The third-order valence-electron chi connectivity index (χ3n) is 7.13. The van der Waals surface area contributed by atoms with E-state index in [9.17, 15) is 18.0 Å². The van der Waals surface area contributed by atoms with Gasteiger partial charge in [-0.15, -0.1) is 0 Å². The van der Waals surface area contributed by atoms with Crippen molar-refractivity contribution < 1.29 is 31.9 Å². The first-order valence-electron chi connectivity index (χ1n) is 12.7. The second-order valence-corrected chi connectivity index (χ2v) is 9.60. The molecule has 38 heavy (non-hydrogen) atoms. The Balaban J connectivity index is 1.20. The number of amides is 1. The van der Waals surface area contributed by atoms with Gasteiger partial charge in [-0.2, -0.15) is 13.2 Å². The number of halogens is 3. The number of hydrogen-bond donors (Lipinski definition) is 0. The summed E-state index contributed by atoms with van der Waals surface area (Å²) in [5, 5.41) is 0. The quantitative estimate of drug-likeness (QED) is 0.288. The summed E-state index contributed by atoms with van der Waals surface area (Å²) in [5.74, 6) is 1.48. The van der Waals surface area contributed by atoms with Gasteiger partial charge in [0.05, 0.1) is 16.6 Å². The molecule has 0 radical (unpaired) electrons. The molecule has 0 saturated carbocycles. The molecule has 0 aliphatic carbocycles. The summed E-state index contributed by atoms with van der Waals surface area (Å²) in [6, 6.07) is 16.1. The first-order chi connectivity index (χ1) is 18.4. The average molecular weight is 526 g/mol. The van der Waals surface area contributed by atoms with E-state index in [0.717, 1.165) is 25.0 Å². The number of furan rings is 1. The highest BCUT2D eigenvalue weighted by atomic mass is 19.4. The lowest BCUT2D eigenvalue weighted by Crippen LogP contribution is -2.39. The van der Waals surface area contributed by atoms with Crippen molar-refractivity contribution in [2.75, 3.05) is 19.7 Å². The van der Waals surface area contributed by atoms with Crippen LogP contribution in [0.1, 0.15) is 59.8 Å². The fourth-order valence-electron chi connectivity index (χ4n) is 5.26. The Morgan fingerprint density at radius 3 is 2.50 bits per heavy atom. The summed E-state index contributed by atoms with van der Waals surface area (Å²) in [6.45, 7) is 1.56. The molecule has 1 atom stereocenters. The second kappa shape index (κ2) is 9.83. The minimum Gasteiger partial charge on any atom is -0.426 e. The highest BCUT2D eigenvalue weighted by Gasteiger charge is 2.34. The molecule has 6 rings (SSSR count). The van der Waals surface area contributed by atoms with Gasteiger partial charge < -0.3 is 23.4 Å². The molecule has 0 spiro atoms. The van der Waals surface area contributed by atoms with E-state index < -0.39 is 11.7 Å². The Kier molecular flexibility index (Phi) is 6.35. The van der Waals surface area contributed by atoms with Crippen LogP contribution in [0.2, 0.25) is 0 Å². The zero-order valence-electron chi connectivity index (χ0n) is 20.5. The van der Waals surface area contributed by atoms with Crippen LogP contribution in [-0.2, 0) is 10.9 Å². The first kappa shape index (κ1) is 24.5. The maximum absolute atomic E-state index is 13.3. The number of fused-ring (bicyclic) bond motifs is 1. The van der Waals surface area contributed by atoms with E-state index in [-0.39, 0.29) is 29.8 Å². The van der Waals surface area contributed by atoms with Crippen LogP contribution in [0, 0.1) is 0 Å². The monoisotopic (exact) mass is 525 g/mol. The van der Waals surface area contributed by atoms with Gasteiger partial charge in [-0.05, 0) is 62.1 Å². The third-order valence-corrected chi connectivity index (χ3v) is 7.13. The van der Waals surface area contributed by atoms with Crippen molar-refractivity contribution in [2.45, 2.75) is 44.0 Å². The van der Waals surface area contributed by atoms with Gasteiger partial charge in [0, 0.05) is 31.8 Å². The van der Waals surface area contributed by atoms with Gasteiger partial charge in [-0.1, -0.05) is 18.2 Å². The van der Waals surface area contributed by atoms with E-state index in [4.69, 9.17) is 13.9 Å². The molecule has 2 aromatic carbocycles. The van der Waals surface area contributed by atoms with Crippen molar-refractivity contribution in [1.82, 2.24) is 14.5 Å². The van der Waals surface area contributed by atoms with Gasteiger partial charge in [0.2, 0.25) is 0 Å². The van der Waals surface area contributed by atoms with Gasteiger partial charge in [0.1, 0.15) is 17.7 Å². The molecule has 10 heteroatoms. The van der Waals surface area contributed by atoms with E-state index in [1.54, 1.807) is 29.2 Å². The van der Waals surface area contributed by atoms with Crippen LogP contribution in [0.25, 0.3) is 11.0 Å². The molecule has 0 bridgehead atoms. The highest BCUT2D eigenvalue weighted by Crippen LogP contribution is 2.38. The number of nitrogens with zero attached hydrogens (tertiary/aromatic N) is 3. The van der Waals surface area contributed by atoms with Crippen molar-refractivity contribution in [3.05, 3.63) is 77.8 Å². The molecule has 0 unspecified atom stereocenters. The lowest BCUT2D eigenvalue weighted by molar-refractivity contribution is -0.137. The molecule has 2 aromatic heterocycles. The molecule has 2 aliphatic rings. The average Bonchev–Trinajstić information content (AvgIpc) is 3.68. The van der Waals surface area contributed by atoms with Crippen molar-refractivity contribution in [2.24, 2.45) is 0 Å².